The van der Waals surface area contributed by atoms with Crippen LogP contribution >= 0.6 is 0 Å². The third-order valence-corrected chi connectivity index (χ3v) is 4.91. The second-order valence-corrected chi connectivity index (χ2v) is 6.62. The fourth-order valence-corrected chi connectivity index (χ4v) is 3.59. The Bertz CT molecular complexity index is 674. The predicted octanol–water partition coefficient (Wildman–Crippen LogP) is 2.98. The lowest BCUT2D eigenvalue weighted by molar-refractivity contribution is 0.0474. The van der Waals surface area contributed by atoms with Crippen molar-refractivity contribution in [3.8, 4) is 11.5 Å². The summed E-state index contributed by atoms with van der Waals surface area (Å²) < 4.78 is 17.4. The van der Waals surface area contributed by atoms with Crippen LogP contribution in [0.5, 0.6) is 11.5 Å². The smallest absolute Gasteiger partial charge is 0.161 e. The molecule has 25 heavy (non-hydrogen) atoms. The zero-order chi connectivity index (χ0) is 16.9. The molecule has 0 amide bonds. The van der Waals surface area contributed by atoms with E-state index in [1.165, 1.54) is 5.56 Å². The van der Waals surface area contributed by atoms with Gasteiger partial charge in [-0.3, -0.25) is 4.98 Å². The Morgan fingerprint density at radius 3 is 2.72 bits per heavy atom. The molecule has 2 aromatic rings. The molecule has 0 saturated carbocycles. The monoisotopic (exact) mass is 340 g/mol. The highest BCUT2D eigenvalue weighted by atomic mass is 16.6. The highest BCUT2D eigenvalue weighted by Crippen LogP contribution is 2.32. The van der Waals surface area contributed by atoms with Crippen molar-refractivity contribution in [3.05, 3.63) is 54.4 Å². The molecular formula is C20H24N2O3. The molecule has 0 bridgehead atoms. The minimum Gasteiger partial charge on any atom is -0.486 e. The number of aromatic nitrogens is 1. The summed E-state index contributed by atoms with van der Waals surface area (Å²) in [6.07, 6.45) is 5.92. The molecule has 1 fully saturated rings. The second-order valence-electron chi connectivity index (χ2n) is 6.62. The Labute approximate surface area is 148 Å². The van der Waals surface area contributed by atoms with E-state index in [0.717, 1.165) is 44.1 Å². The topological polar surface area (TPSA) is 52.6 Å². The lowest BCUT2D eigenvalue weighted by Crippen LogP contribution is -2.42. The van der Waals surface area contributed by atoms with Crippen LogP contribution in [0.4, 0.5) is 0 Å². The molecule has 2 atom stereocenters. The Morgan fingerprint density at radius 1 is 1.08 bits per heavy atom. The number of ether oxygens (including phenoxy) is 3. The van der Waals surface area contributed by atoms with E-state index in [1.54, 1.807) is 0 Å². The van der Waals surface area contributed by atoms with Crippen LogP contribution in [-0.4, -0.2) is 37.5 Å². The van der Waals surface area contributed by atoms with Gasteiger partial charge in [-0.1, -0.05) is 18.2 Å². The summed E-state index contributed by atoms with van der Waals surface area (Å²) in [5.74, 6) is 2.20. The van der Waals surface area contributed by atoms with E-state index in [4.69, 9.17) is 14.2 Å². The Hall–Kier alpha value is -2.11. The normalized spacial score (nSPS) is 21.7. The fourth-order valence-electron chi connectivity index (χ4n) is 3.59. The van der Waals surface area contributed by atoms with Crippen molar-refractivity contribution < 1.29 is 14.2 Å². The van der Waals surface area contributed by atoms with Gasteiger partial charge < -0.3 is 19.5 Å². The van der Waals surface area contributed by atoms with Crippen LogP contribution in [0.25, 0.3) is 0 Å². The van der Waals surface area contributed by atoms with Crippen LogP contribution in [0, 0.1) is 5.92 Å². The zero-order valence-corrected chi connectivity index (χ0v) is 14.3. The van der Waals surface area contributed by atoms with E-state index in [0.29, 0.717) is 12.5 Å². The summed E-state index contributed by atoms with van der Waals surface area (Å²) in [5.41, 5.74) is 1.23. The maximum Gasteiger partial charge on any atom is 0.161 e. The summed E-state index contributed by atoms with van der Waals surface area (Å²) in [6.45, 7) is 2.97. The number of hydrogen-bond acceptors (Lipinski definition) is 5. The predicted molar refractivity (Wildman–Crippen MR) is 94.9 cm³/mol. The van der Waals surface area contributed by atoms with Crippen LogP contribution in [0.3, 0.4) is 0 Å². The molecule has 2 aliphatic rings. The first-order chi connectivity index (χ1) is 12.4. The summed E-state index contributed by atoms with van der Waals surface area (Å²) in [7, 11) is 0. The number of nitrogens with zero attached hydrogens (tertiary/aromatic N) is 1. The van der Waals surface area contributed by atoms with Crippen molar-refractivity contribution in [3.63, 3.8) is 0 Å². The Morgan fingerprint density at radius 2 is 1.92 bits per heavy atom. The van der Waals surface area contributed by atoms with Crippen molar-refractivity contribution in [2.45, 2.75) is 25.0 Å². The average Bonchev–Trinajstić information content (AvgIpc) is 2.70. The van der Waals surface area contributed by atoms with Gasteiger partial charge in [0.05, 0.1) is 0 Å². The number of hydrogen-bond donors (Lipinski definition) is 1. The number of nitrogens with one attached hydrogen (secondary N) is 1. The van der Waals surface area contributed by atoms with Crippen LogP contribution in [0.2, 0.25) is 0 Å². The fraction of sp³-hybridized carbons (Fsp3) is 0.450. The molecule has 1 aromatic heterocycles. The van der Waals surface area contributed by atoms with Gasteiger partial charge >= 0.3 is 0 Å². The summed E-state index contributed by atoms with van der Waals surface area (Å²) >= 11 is 0. The van der Waals surface area contributed by atoms with Gasteiger partial charge in [0.2, 0.25) is 0 Å². The van der Waals surface area contributed by atoms with Gasteiger partial charge in [-0.15, -0.1) is 0 Å². The zero-order valence-electron chi connectivity index (χ0n) is 14.3. The van der Waals surface area contributed by atoms with Gasteiger partial charge in [0.15, 0.2) is 11.5 Å². The lowest BCUT2D eigenvalue weighted by atomic mass is 9.87. The minimum atomic E-state index is 0.00825. The van der Waals surface area contributed by atoms with E-state index < -0.39 is 0 Å². The minimum absolute atomic E-state index is 0.00825. The number of para-hydroxylation sites is 2. The maximum absolute atomic E-state index is 6.08. The Balaban J connectivity index is 1.42. The first-order valence-corrected chi connectivity index (χ1v) is 8.99. The second kappa shape index (κ2) is 7.85. The summed E-state index contributed by atoms with van der Waals surface area (Å²) in [5, 5.41) is 3.71. The van der Waals surface area contributed by atoms with Crippen molar-refractivity contribution in [1.29, 1.82) is 0 Å². The third-order valence-electron chi connectivity index (χ3n) is 4.91. The molecule has 1 N–H and O–H groups in total. The van der Waals surface area contributed by atoms with E-state index in [-0.39, 0.29) is 12.1 Å². The van der Waals surface area contributed by atoms with Crippen LogP contribution < -0.4 is 14.8 Å². The molecule has 132 valence electrons. The molecule has 0 aliphatic carbocycles. The SMILES string of the molecule is c1cncc([C@H](NC[C@H]2COc3ccccc3O2)C2CCOCC2)c1. The third kappa shape index (κ3) is 3.94. The number of benzene rings is 1. The molecule has 0 spiro atoms. The molecule has 5 nitrogen and oxygen atoms in total. The van der Waals surface area contributed by atoms with E-state index in [2.05, 4.69) is 16.4 Å². The van der Waals surface area contributed by atoms with Gasteiger partial charge in [0, 0.05) is 38.2 Å². The molecular weight excluding hydrogens is 316 g/mol. The van der Waals surface area contributed by atoms with Crippen molar-refractivity contribution in [2.75, 3.05) is 26.4 Å². The number of fused-ring (bicyclic) bond motifs is 1. The lowest BCUT2D eigenvalue weighted by Gasteiger charge is -2.33. The summed E-state index contributed by atoms with van der Waals surface area (Å²) in [6, 6.07) is 12.2. The first-order valence-electron chi connectivity index (χ1n) is 8.99. The molecule has 2 aliphatic heterocycles. The number of pyridine rings is 1. The van der Waals surface area contributed by atoms with Gasteiger partial charge in [-0.25, -0.2) is 0 Å². The summed E-state index contributed by atoms with van der Waals surface area (Å²) in [4.78, 5) is 4.30. The van der Waals surface area contributed by atoms with E-state index in [9.17, 15) is 0 Å². The van der Waals surface area contributed by atoms with Crippen LogP contribution in [0.1, 0.15) is 24.4 Å². The quantitative estimate of drug-likeness (QED) is 0.907. The van der Waals surface area contributed by atoms with E-state index in [1.807, 2.05) is 42.7 Å². The molecule has 1 aromatic carbocycles. The van der Waals surface area contributed by atoms with Gasteiger partial charge in [-0.2, -0.15) is 0 Å². The van der Waals surface area contributed by atoms with Crippen molar-refractivity contribution in [1.82, 2.24) is 10.3 Å². The highest BCUT2D eigenvalue weighted by Gasteiger charge is 2.28. The van der Waals surface area contributed by atoms with Crippen LogP contribution in [0.15, 0.2) is 48.8 Å². The average molecular weight is 340 g/mol. The van der Waals surface area contributed by atoms with Gasteiger partial charge in [-0.05, 0) is 42.5 Å². The van der Waals surface area contributed by atoms with Crippen molar-refractivity contribution in [2.24, 2.45) is 5.92 Å². The molecule has 3 heterocycles. The highest BCUT2D eigenvalue weighted by molar-refractivity contribution is 5.40. The van der Waals surface area contributed by atoms with Gasteiger partial charge in [0.1, 0.15) is 12.7 Å². The number of rotatable bonds is 5. The Kier molecular flexibility index (Phi) is 5.14. The maximum atomic E-state index is 6.08. The molecule has 0 radical (unpaired) electrons. The molecule has 4 rings (SSSR count). The molecule has 1 saturated heterocycles. The van der Waals surface area contributed by atoms with Crippen molar-refractivity contribution >= 4 is 0 Å². The molecule has 0 unspecified atom stereocenters. The van der Waals surface area contributed by atoms with E-state index >= 15 is 0 Å². The van der Waals surface area contributed by atoms with Crippen LogP contribution in [-0.2, 0) is 4.74 Å². The van der Waals surface area contributed by atoms with Gasteiger partial charge in [0.25, 0.3) is 0 Å². The largest absolute Gasteiger partial charge is 0.486 e. The first kappa shape index (κ1) is 16.4. The molecule has 5 heteroatoms. The standard InChI is InChI=1S/C20H24N2O3/c1-2-6-19-18(5-1)24-14-17(25-19)13-22-20(15-7-10-23-11-8-15)16-4-3-9-21-12-16/h1-6,9,12,15,17,20,22H,7-8,10-11,13-14H2/t17-,20+/m0/s1.